The highest BCUT2D eigenvalue weighted by Gasteiger charge is 2.50. The topological polar surface area (TPSA) is 106 Å². The second-order valence-corrected chi connectivity index (χ2v) is 8.84. The number of aromatic nitrogens is 4. The van der Waals surface area contributed by atoms with Gasteiger partial charge in [-0.05, 0) is 52.9 Å². The molecule has 2 N–H and O–H groups in total. The lowest BCUT2D eigenvalue weighted by atomic mass is 10.1. The number of hydrogen-bond acceptors (Lipinski definition) is 7. The van der Waals surface area contributed by atoms with E-state index in [1.165, 1.54) is 12.1 Å². The number of tetrazole rings is 1. The highest BCUT2D eigenvalue weighted by atomic mass is 19.4. The second-order valence-electron chi connectivity index (χ2n) is 8.84. The first-order valence-electron chi connectivity index (χ1n) is 11.2. The molecule has 190 valence electrons. The standard InChI is InChI=1S/C23H24F3N7O3/c1-32(2)16-8-6-13(7-9-16)21-29-30-31-33(21)18-12-36-19-17(11-35-20(18)19)28-22(34)27-15-5-3-4-14(10-15)23(24,25)26/h3-10,17-20H,11-12H2,1-2H3,(H2,27,28,34)/t17-,18-,19+,20+/m0/s1. The molecule has 36 heavy (non-hydrogen) atoms. The molecular formula is C23H24F3N7O3. The van der Waals surface area contributed by atoms with E-state index in [0.29, 0.717) is 5.82 Å². The van der Waals surface area contributed by atoms with Gasteiger partial charge in [0.15, 0.2) is 5.82 Å². The van der Waals surface area contributed by atoms with Crippen LogP contribution < -0.4 is 15.5 Å². The van der Waals surface area contributed by atoms with Gasteiger partial charge in [0, 0.05) is 31.0 Å². The highest BCUT2D eigenvalue weighted by Crippen LogP contribution is 2.36. The minimum absolute atomic E-state index is 0.0293. The van der Waals surface area contributed by atoms with E-state index >= 15 is 0 Å². The van der Waals surface area contributed by atoms with Crippen molar-refractivity contribution in [2.24, 2.45) is 0 Å². The molecule has 0 bridgehead atoms. The van der Waals surface area contributed by atoms with Crippen molar-refractivity contribution in [2.75, 3.05) is 37.5 Å². The van der Waals surface area contributed by atoms with Crippen LogP contribution in [0.4, 0.5) is 29.3 Å². The number of ether oxygens (including phenoxy) is 2. The number of nitrogens with zero attached hydrogens (tertiary/aromatic N) is 5. The van der Waals surface area contributed by atoms with Crippen LogP contribution in [-0.2, 0) is 15.7 Å². The van der Waals surface area contributed by atoms with E-state index in [0.717, 1.165) is 23.4 Å². The van der Waals surface area contributed by atoms with Gasteiger partial charge < -0.3 is 25.0 Å². The Balaban J connectivity index is 1.25. The Bertz CT molecular complexity index is 1230. The summed E-state index contributed by atoms with van der Waals surface area (Å²) < 4.78 is 52.4. The molecule has 2 aliphatic rings. The van der Waals surface area contributed by atoms with Gasteiger partial charge in [0.25, 0.3) is 0 Å². The number of amides is 2. The molecule has 3 aromatic rings. The molecule has 0 unspecified atom stereocenters. The number of carbonyl (C=O) groups is 1. The van der Waals surface area contributed by atoms with Gasteiger partial charge in [0.2, 0.25) is 0 Å². The van der Waals surface area contributed by atoms with E-state index in [4.69, 9.17) is 9.47 Å². The average Bonchev–Trinajstić information content (AvgIpc) is 3.56. The Morgan fingerprint density at radius 2 is 1.83 bits per heavy atom. The van der Waals surface area contributed by atoms with Crippen LogP contribution in [0.15, 0.2) is 48.5 Å². The average molecular weight is 503 g/mol. The molecule has 2 amide bonds. The smallest absolute Gasteiger partial charge is 0.378 e. The van der Waals surface area contributed by atoms with E-state index in [9.17, 15) is 18.0 Å². The minimum Gasteiger partial charge on any atom is -0.378 e. The van der Waals surface area contributed by atoms with Crippen molar-refractivity contribution >= 4 is 17.4 Å². The zero-order valence-electron chi connectivity index (χ0n) is 19.4. The van der Waals surface area contributed by atoms with Gasteiger partial charge in [-0.1, -0.05) is 6.07 Å². The normalized spacial score (nSPS) is 23.4. The summed E-state index contributed by atoms with van der Waals surface area (Å²) in [7, 11) is 3.91. The summed E-state index contributed by atoms with van der Waals surface area (Å²) in [6.45, 7) is 0.452. The number of anilines is 2. The molecule has 2 aromatic carbocycles. The third-order valence-electron chi connectivity index (χ3n) is 6.24. The lowest BCUT2D eigenvalue weighted by Crippen LogP contribution is -2.45. The number of urea groups is 1. The fraction of sp³-hybridized carbons (Fsp3) is 0.391. The number of nitrogens with one attached hydrogen (secondary N) is 2. The highest BCUT2D eigenvalue weighted by molar-refractivity contribution is 5.89. The van der Waals surface area contributed by atoms with Crippen LogP contribution in [-0.4, -0.2) is 71.8 Å². The zero-order chi connectivity index (χ0) is 25.4. The molecule has 4 atom stereocenters. The van der Waals surface area contributed by atoms with Crippen molar-refractivity contribution in [1.29, 1.82) is 0 Å². The number of carbonyl (C=O) groups excluding carboxylic acids is 1. The number of alkyl halides is 3. The SMILES string of the molecule is CN(C)c1ccc(-c2nnnn2[C@H]2CO[C@H]3[C@@H]2OC[C@@H]3NC(=O)Nc2cccc(C(F)(F)F)c2)cc1. The number of fused-ring (bicyclic) bond motifs is 1. The summed E-state index contributed by atoms with van der Waals surface area (Å²) in [6.07, 6.45) is -5.38. The molecule has 0 radical (unpaired) electrons. The minimum atomic E-state index is -4.50. The van der Waals surface area contributed by atoms with Crippen molar-refractivity contribution in [3.63, 3.8) is 0 Å². The van der Waals surface area contributed by atoms with E-state index in [2.05, 4.69) is 26.2 Å². The van der Waals surface area contributed by atoms with Gasteiger partial charge in [-0.25, -0.2) is 9.48 Å². The quantitative estimate of drug-likeness (QED) is 0.552. The summed E-state index contributed by atoms with van der Waals surface area (Å²) in [4.78, 5) is 14.5. The molecule has 2 fully saturated rings. The molecule has 0 aliphatic carbocycles. The maximum absolute atomic E-state index is 12.9. The van der Waals surface area contributed by atoms with Crippen molar-refractivity contribution in [2.45, 2.75) is 30.5 Å². The maximum Gasteiger partial charge on any atom is 0.416 e. The fourth-order valence-corrected chi connectivity index (χ4v) is 4.44. The first kappa shape index (κ1) is 24.0. The largest absolute Gasteiger partial charge is 0.416 e. The maximum atomic E-state index is 12.9. The van der Waals surface area contributed by atoms with Crippen LogP contribution in [0.25, 0.3) is 11.4 Å². The summed E-state index contributed by atoms with van der Waals surface area (Å²) in [5.74, 6) is 0.567. The van der Waals surface area contributed by atoms with Crippen LogP contribution in [0.5, 0.6) is 0 Å². The van der Waals surface area contributed by atoms with Crippen LogP contribution in [0.2, 0.25) is 0 Å². The second kappa shape index (κ2) is 9.39. The van der Waals surface area contributed by atoms with Crippen LogP contribution in [0.1, 0.15) is 11.6 Å². The molecule has 2 saturated heterocycles. The first-order chi connectivity index (χ1) is 17.2. The first-order valence-corrected chi connectivity index (χ1v) is 11.2. The molecule has 0 spiro atoms. The Morgan fingerprint density at radius 3 is 2.56 bits per heavy atom. The summed E-state index contributed by atoms with van der Waals surface area (Å²) in [6, 6.07) is 10.8. The van der Waals surface area contributed by atoms with E-state index in [-0.39, 0.29) is 24.9 Å². The number of hydrogen-bond donors (Lipinski definition) is 2. The van der Waals surface area contributed by atoms with Gasteiger partial charge in [-0.15, -0.1) is 5.10 Å². The molecule has 0 saturated carbocycles. The summed E-state index contributed by atoms with van der Waals surface area (Å²) >= 11 is 0. The molecule has 2 aliphatic heterocycles. The van der Waals surface area contributed by atoms with Gasteiger partial charge in [0.1, 0.15) is 18.2 Å². The molecule has 3 heterocycles. The molecule has 13 heteroatoms. The Hall–Kier alpha value is -3.71. The fourth-order valence-electron chi connectivity index (χ4n) is 4.44. The lowest BCUT2D eigenvalue weighted by Gasteiger charge is -2.19. The monoisotopic (exact) mass is 503 g/mol. The van der Waals surface area contributed by atoms with Gasteiger partial charge >= 0.3 is 12.2 Å². The van der Waals surface area contributed by atoms with Crippen molar-refractivity contribution in [3.8, 4) is 11.4 Å². The third kappa shape index (κ3) is 4.71. The van der Waals surface area contributed by atoms with E-state index in [1.54, 1.807) is 4.68 Å². The number of rotatable bonds is 5. The molecular weight excluding hydrogens is 479 g/mol. The van der Waals surface area contributed by atoms with Crippen LogP contribution >= 0.6 is 0 Å². The Morgan fingerprint density at radius 1 is 1.08 bits per heavy atom. The van der Waals surface area contributed by atoms with Gasteiger partial charge in [-0.2, -0.15) is 13.2 Å². The number of benzene rings is 2. The summed E-state index contributed by atoms with van der Waals surface area (Å²) in [5.41, 5.74) is 1.06. The van der Waals surface area contributed by atoms with Crippen molar-refractivity contribution in [3.05, 3.63) is 54.1 Å². The molecule has 1 aromatic heterocycles. The van der Waals surface area contributed by atoms with E-state index in [1.807, 2.05) is 43.3 Å². The van der Waals surface area contributed by atoms with Crippen LogP contribution in [0, 0.1) is 0 Å². The zero-order valence-corrected chi connectivity index (χ0v) is 19.4. The molecule has 10 nitrogen and oxygen atoms in total. The van der Waals surface area contributed by atoms with Crippen LogP contribution in [0.3, 0.4) is 0 Å². The predicted molar refractivity (Wildman–Crippen MR) is 123 cm³/mol. The Labute approximate surface area is 204 Å². The van der Waals surface area contributed by atoms with Gasteiger partial charge in [0.05, 0.1) is 24.8 Å². The predicted octanol–water partition coefficient (Wildman–Crippen LogP) is 2.95. The van der Waals surface area contributed by atoms with Crippen molar-refractivity contribution < 1.29 is 27.4 Å². The molecule has 5 rings (SSSR count). The lowest BCUT2D eigenvalue weighted by molar-refractivity contribution is -0.137. The van der Waals surface area contributed by atoms with E-state index < -0.39 is 36.0 Å². The Kier molecular flexibility index (Phi) is 6.26. The van der Waals surface area contributed by atoms with Gasteiger partial charge in [-0.3, -0.25) is 0 Å². The number of halogens is 3. The third-order valence-corrected chi connectivity index (χ3v) is 6.24. The van der Waals surface area contributed by atoms with Crippen molar-refractivity contribution in [1.82, 2.24) is 25.5 Å². The summed E-state index contributed by atoms with van der Waals surface area (Å²) in [5, 5.41) is 17.3.